The van der Waals surface area contributed by atoms with Crippen molar-refractivity contribution in [2.75, 3.05) is 19.7 Å². The van der Waals surface area contributed by atoms with Gasteiger partial charge in [0.2, 0.25) is 0 Å². The molecule has 0 aromatic heterocycles. The molecular weight excluding hydrogens is 178 g/mol. The average molecular weight is 201 g/mol. The molecule has 14 heavy (non-hydrogen) atoms. The summed E-state index contributed by atoms with van der Waals surface area (Å²) in [5.41, 5.74) is -0.967. The van der Waals surface area contributed by atoms with Gasteiger partial charge in [-0.15, -0.1) is 0 Å². The number of hydrogen-bond acceptors (Lipinski definition) is 3. The average Bonchev–Trinajstić information content (AvgIpc) is 2.22. The standard InChI is InChI=1S/C11H23NO2/c1-3-10(4-2,9-13)11(14)5-7-12-8-6-11/h12-14H,3-9H2,1-2H3. The highest BCUT2D eigenvalue weighted by molar-refractivity contribution is 4.99. The van der Waals surface area contributed by atoms with Crippen molar-refractivity contribution in [1.29, 1.82) is 0 Å². The van der Waals surface area contributed by atoms with Gasteiger partial charge in [-0.1, -0.05) is 13.8 Å². The van der Waals surface area contributed by atoms with Crippen LogP contribution in [0, 0.1) is 5.41 Å². The summed E-state index contributed by atoms with van der Waals surface area (Å²) in [7, 11) is 0. The Morgan fingerprint density at radius 2 is 1.71 bits per heavy atom. The molecule has 0 radical (unpaired) electrons. The Balaban J connectivity index is 2.83. The maximum absolute atomic E-state index is 10.6. The Morgan fingerprint density at radius 3 is 2.07 bits per heavy atom. The van der Waals surface area contributed by atoms with Gasteiger partial charge in [-0.25, -0.2) is 0 Å². The molecule has 0 saturated carbocycles. The Hall–Kier alpha value is -0.120. The van der Waals surface area contributed by atoms with Crippen LogP contribution in [0.4, 0.5) is 0 Å². The molecule has 0 amide bonds. The first-order valence-electron chi connectivity index (χ1n) is 5.68. The summed E-state index contributed by atoms with van der Waals surface area (Å²) < 4.78 is 0. The third-order valence-electron chi connectivity index (χ3n) is 4.07. The van der Waals surface area contributed by atoms with Crippen LogP contribution in [0.15, 0.2) is 0 Å². The third kappa shape index (κ3) is 1.81. The predicted octanol–water partition coefficient (Wildman–Crippen LogP) is 0.900. The van der Waals surface area contributed by atoms with Gasteiger partial charge in [-0.2, -0.15) is 0 Å². The second kappa shape index (κ2) is 4.60. The van der Waals surface area contributed by atoms with Gasteiger partial charge in [0.15, 0.2) is 0 Å². The minimum Gasteiger partial charge on any atom is -0.396 e. The Kier molecular flexibility index (Phi) is 3.93. The van der Waals surface area contributed by atoms with E-state index >= 15 is 0 Å². The number of piperidine rings is 1. The highest BCUT2D eigenvalue weighted by atomic mass is 16.3. The van der Waals surface area contributed by atoms with Crippen molar-refractivity contribution in [2.45, 2.75) is 45.1 Å². The zero-order chi connectivity index (χ0) is 10.7. The Morgan fingerprint density at radius 1 is 1.21 bits per heavy atom. The minimum absolute atomic E-state index is 0.0938. The lowest BCUT2D eigenvalue weighted by Crippen LogP contribution is -2.55. The zero-order valence-corrected chi connectivity index (χ0v) is 9.34. The van der Waals surface area contributed by atoms with Crippen LogP contribution in [0.1, 0.15) is 39.5 Å². The van der Waals surface area contributed by atoms with E-state index in [1.165, 1.54) is 0 Å². The van der Waals surface area contributed by atoms with Crippen LogP contribution < -0.4 is 5.32 Å². The summed E-state index contributed by atoms with van der Waals surface area (Å²) in [5, 5.41) is 23.3. The lowest BCUT2D eigenvalue weighted by molar-refractivity contribution is -0.130. The van der Waals surface area contributed by atoms with Gasteiger partial charge in [-0.05, 0) is 38.8 Å². The fourth-order valence-corrected chi connectivity index (χ4v) is 2.65. The summed E-state index contributed by atoms with van der Waals surface area (Å²) in [6.45, 7) is 5.92. The maximum Gasteiger partial charge on any atom is 0.0749 e. The van der Waals surface area contributed by atoms with Crippen molar-refractivity contribution in [2.24, 2.45) is 5.41 Å². The van der Waals surface area contributed by atoms with Crippen LogP contribution in [0.3, 0.4) is 0 Å². The van der Waals surface area contributed by atoms with E-state index in [9.17, 15) is 10.2 Å². The number of rotatable bonds is 4. The van der Waals surface area contributed by atoms with Gasteiger partial charge < -0.3 is 15.5 Å². The van der Waals surface area contributed by atoms with Gasteiger partial charge in [-0.3, -0.25) is 0 Å². The molecule has 0 bridgehead atoms. The van der Waals surface area contributed by atoms with E-state index in [1.807, 2.05) is 0 Å². The first kappa shape index (κ1) is 12.0. The highest BCUT2D eigenvalue weighted by Gasteiger charge is 2.47. The molecule has 1 heterocycles. The Bertz CT molecular complexity index is 164. The first-order chi connectivity index (χ1) is 6.64. The molecule has 0 aromatic carbocycles. The van der Waals surface area contributed by atoms with Crippen LogP contribution in [-0.4, -0.2) is 35.5 Å². The van der Waals surface area contributed by atoms with E-state index in [4.69, 9.17) is 0 Å². The van der Waals surface area contributed by atoms with Crippen LogP contribution in [0.5, 0.6) is 0 Å². The van der Waals surface area contributed by atoms with Crippen molar-refractivity contribution < 1.29 is 10.2 Å². The molecule has 1 rings (SSSR count). The topological polar surface area (TPSA) is 52.5 Å². The van der Waals surface area contributed by atoms with Crippen LogP contribution in [0.25, 0.3) is 0 Å². The van der Waals surface area contributed by atoms with E-state index in [2.05, 4.69) is 19.2 Å². The van der Waals surface area contributed by atoms with E-state index < -0.39 is 5.60 Å². The van der Waals surface area contributed by atoms with Crippen LogP contribution in [0.2, 0.25) is 0 Å². The summed E-state index contributed by atoms with van der Waals surface area (Å²) in [6, 6.07) is 0. The summed E-state index contributed by atoms with van der Waals surface area (Å²) in [5.74, 6) is 0. The number of aliphatic hydroxyl groups excluding tert-OH is 1. The fourth-order valence-electron chi connectivity index (χ4n) is 2.65. The number of hydrogen-bond donors (Lipinski definition) is 3. The molecule has 84 valence electrons. The van der Waals surface area contributed by atoms with Crippen LogP contribution in [-0.2, 0) is 0 Å². The number of nitrogens with one attached hydrogen (secondary N) is 1. The molecule has 1 fully saturated rings. The molecule has 0 atom stereocenters. The summed E-state index contributed by atoms with van der Waals surface area (Å²) in [4.78, 5) is 0. The fraction of sp³-hybridized carbons (Fsp3) is 1.00. The van der Waals surface area contributed by atoms with E-state index in [0.717, 1.165) is 38.8 Å². The molecule has 0 unspecified atom stereocenters. The summed E-state index contributed by atoms with van der Waals surface area (Å²) >= 11 is 0. The molecule has 1 saturated heterocycles. The van der Waals surface area contributed by atoms with Crippen LogP contribution >= 0.6 is 0 Å². The minimum atomic E-state index is -0.670. The molecule has 0 aromatic rings. The lowest BCUT2D eigenvalue weighted by Gasteiger charge is -2.48. The molecule has 0 spiro atoms. The molecule has 1 aliphatic heterocycles. The van der Waals surface area contributed by atoms with Crippen molar-refractivity contribution >= 4 is 0 Å². The normalized spacial score (nSPS) is 22.3. The van der Waals surface area contributed by atoms with Crippen molar-refractivity contribution in [3.05, 3.63) is 0 Å². The smallest absolute Gasteiger partial charge is 0.0749 e. The quantitative estimate of drug-likeness (QED) is 0.633. The second-order valence-electron chi connectivity index (χ2n) is 4.43. The monoisotopic (exact) mass is 201 g/mol. The van der Waals surface area contributed by atoms with Gasteiger partial charge >= 0.3 is 0 Å². The van der Waals surface area contributed by atoms with Crippen molar-refractivity contribution in [3.8, 4) is 0 Å². The molecule has 3 heteroatoms. The number of aliphatic hydroxyl groups is 2. The second-order valence-corrected chi connectivity index (χ2v) is 4.43. The highest BCUT2D eigenvalue weighted by Crippen LogP contribution is 2.43. The zero-order valence-electron chi connectivity index (χ0n) is 9.34. The summed E-state index contributed by atoms with van der Waals surface area (Å²) in [6.07, 6.45) is 3.21. The van der Waals surface area contributed by atoms with Gasteiger partial charge in [0.25, 0.3) is 0 Å². The van der Waals surface area contributed by atoms with Gasteiger partial charge in [0.05, 0.1) is 12.2 Å². The largest absolute Gasteiger partial charge is 0.396 e. The molecule has 0 aliphatic carbocycles. The van der Waals surface area contributed by atoms with Crippen molar-refractivity contribution in [1.82, 2.24) is 5.32 Å². The van der Waals surface area contributed by atoms with E-state index in [-0.39, 0.29) is 12.0 Å². The first-order valence-corrected chi connectivity index (χ1v) is 5.68. The lowest BCUT2D eigenvalue weighted by atomic mass is 9.64. The molecule has 3 N–H and O–H groups in total. The maximum atomic E-state index is 10.6. The molecule has 1 aliphatic rings. The third-order valence-corrected chi connectivity index (χ3v) is 4.07. The van der Waals surface area contributed by atoms with Gasteiger partial charge in [0, 0.05) is 5.41 Å². The molecule has 3 nitrogen and oxygen atoms in total. The SMILES string of the molecule is CCC(CC)(CO)C1(O)CCNCC1. The van der Waals surface area contributed by atoms with E-state index in [0.29, 0.717) is 0 Å². The molecular formula is C11H23NO2. The van der Waals surface area contributed by atoms with Gasteiger partial charge in [0.1, 0.15) is 0 Å². The predicted molar refractivity (Wildman–Crippen MR) is 57.2 cm³/mol. The Labute approximate surface area is 86.5 Å². The van der Waals surface area contributed by atoms with E-state index in [1.54, 1.807) is 0 Å². The van der Waals surface area contributed by atoms with Crippen molar-refractivity contribution in [3.63, 3.8) is 0 Å².